The van der Waals surface area contributed by atoms with Gasteiger partial charge in [0.05, 0.1) is 38.8 Å². The van der Waals surface area contributed by atoms with Gasteiger partial charge in [0, 0.05) is 32.9 Å². The van der Waals surface area contributed by atoms with Crippen LogP contribution in [0.25, 0.3) is 0 Å². The van der Waals surface area contributed by atoms with Crippen molar-refractivity contribution in [3.05, 3.63) is 11.9 Å². The van der Waals surface area contributed by atoms with Crippen molar-refractivity contribution in [3.63, 3.8) is 0 Å². The highest BCUT2D eigenvalue weighted by Gasteiger charge is 2.46. The number of hydrogen-bond donors (Lipinski definition) is 4. The van der Waals surface area contributed by atoms with Gasteiger partial charge in [-0.2, -0.15) is 0 Å². The molecule has 1 unspecified atom stereocenters. The first-order valence-electron chi connectivity index (χ1n) is 9.60. The quantitative estimate of drug-likeness (QED) is 0.359. The summed E-state index contributed by atoms with van der Waals surface area (Å²) < 4.78 is 1.96. The van der Waals surface area contributed by atoms with Crippen molar-refractivity contribution in [2.75, 3.05) is 33.2 Å². The number of aromatic nitrogens is 3. The molecule has 3 aliphatic heterocycles. The van der Waals surface area contributed by atoms with Crippen LogP contribution in [0.3, 0.4) is 0 Å². The molecule has 2 amide bonds. The predicted octanol–water partition coefficient (Wildman–Crippen LogP) is -3.48. The van der Waals surface area contributed by atoms with E-state index < -0.39 is 0 Å². The van der Waals surface area contributed by atoms with Crippen molar-refractivity contribution in [3.8, 4) is 0 Å². The molecule has 0 aliphatic carbocycles. The Balaban J connectivity index is 1.49. The van der Waals surface area contributed by atoms with Gasteiger partial charge in [-0.05, 0) is 5.92 Å². The fourth-order valence-electron chi connectivity index (χ4n) is 4.33. The van der Waals surface area contributed by atoms with Crippen LogP contribution in [-0.4, -0.2) is 66.1 Å². The zero-order valence-electron chi connectivity index (χ0n) is 15.7. The Morgan fingerprint density at radius 3 is 2.88 bits per heavy atom. The number of piperidine rings is 3. The van der Waals surface area contributed by atoms with E-state index in [0.29, 0.717) is 25.0 Å². The number of quaternary nitrogens is 2. The largest absolute Gasteiger partial charge is 0.355 e. The van der Waals surface area contributed by atoms with Gasteiger partial charge in [-0.1, -0.05) is 5.21 Å². The van der Waals surface area contributed by atoms with E-state index in [1.165, 1.54) is 11.8 Å². The Morgan fingerprint density at radius 2 is 2.19 bits per heavy atom. The molecule has 4 atom stereocenters. The summed E-state index contributed by atoms with van der Waals surface area (Å²) in [4.78, 5) is 24.9. The normalized spacial score (nSPS) is 27.3. The number of nitrogens with one attached hydrogen (secondary N) is 3. The molecular formula is C17H31N7O2+2. The fourth-order valence-corrected chi connectivity index (χ4v) is 4.33. The molecule has 3 fully saturated rings. The number of rotatable bonds is 8. The maximum Gasteiger partial charge on any atom is 0.229 e. The Morgan fingerprint density at radius 1 is 1.38 bits per heavy atom. The van der Waals surface area contributed by atoms with Gasteiger partial charge in [0.15, 0.2) is 0 Å². The summed E-state index contributed by atoms with van der Waals surface area (Å²) in [5.41, 5.74) is 1.01. The molecule has 5 N–H and O–H groups in total. The lowest BCUT2D eigenvalue weighted by atomic mass is 9.75. The lowest BCUT2D eigenvalue weighted by Crippen LogP contribution is -3.20. The van der Waals surface area contributed by atoms with Crippen LogP contribution < -0.4 is 20.9 Å². The van der Waals surface area contributed by atoms with Crippen molar-refractivity contribution in [1.29, 1.82) is 0 Å². The van der Waals surface area contributed by atoms with Gasteiger partial charge in [-0.25, -0.2) is 4.68 Å². The van der Waals surface area contributed by atoms with E-state index in [0.717, 1.165) is 44.7 Å². The molecule has 0 aromatic carbocycles. The molecule has 0 saturated carbocycles. The minimum absolute atomic E-state index is 0.0672. The molecule has 9 nitrogen and oxygen atoms in total. The predicted molar refractivity (Wildman–Crippen MR) is 94.0 cm³/mol. The third-order valence-electron chi connectivity index (χ3n) is 5.59. The standard InChI is InChI=1S/C17H29N7O2/c1-12(25)19-4-5-20-17(26)16-11-23-6-3-13(16)7-15(23)10-24-9-14(8-18-2)21-22-24/h9,13,15-16,18H,3-8,10-11H2,1-2H3,(H,19,25)(H,20,26)/p+2/t13-,15+,16-/m0/s1. The summed E-state index contributed by atoms with van der Waals surface area (Å²) in [5, 5.41) is 16.2. The van der Waals surface area contributed by atoms with Crippen LogP contribution in [0, 0.1) is 11.8 Å². The van der Waals surface area contributed by atoms with Crippen molar-refractivity contribution in [2.24, 2.45) is 11.8 Å². The number of amides is 2. The average Bonchev–Trinajstić information content (AvgIpc) is 3.06. The summed E-state index contributed by atoms with van der Waals surface area (Å²) in [6.45, 7) is 6.22. The van der Waals surface area contributed by atoms with Gasteiger partial charge in [0.1, 0.15) is 18.3 Å². The number of nitrogens with zero attached hydrogens (tertiary/aromatic N) is 3. The number of carbonyl (C=O) groups is 2. The maximum absolute atomic E-state index is 12.5. The van der Waals surface area contributed by atoms with Crippen LogP contribution in [0.2, 0.25) is 0 Å². The van der Waals surface area contributed by atoms with Crippen molar-refractivity contribution in [2.45, 2.75) is 38.9 Å². The van der Waals surface area contributed by atoms with Gasteiger partial charge in [0.2, 0.25) is 11.8 Å². The second-order valence-corrected chi connectivity index (χ2v) is 7.52. The maximum atomic E-state index is 12.5. The summed E-state index contributed by atoms with van der Waals surface area (Å²) in [6.07, 6.45) is 4.21. The number of nitrogens with two attached hydrogens (primary N) is 1. The van der Waals surface area contributed by atoms with Gasteiger partial charge in [-0.3, -0.25) is 9.59 Å². The molecule has 2 bridgehead atoms. The molecule has 144 valence electrons. The van der Waals surface area contributed by atoms with E-state index in [1.54, 1.807) is 0 Å². The van der Waals surface area contributed by atoms with Crippen molar-refractivity contribution < 1.29 is 19.8 Å². The summed E-state index contributed by atoms with van der Waals surface area (Å²) in [6, 6.07) is 0.511. The first kappa shape index (κ1) is 18.8. The van der Waals surface area contributed by atoms with Gasteiger partial charge < -0.3 is 20.9 Å². The highest BCUT2D eigenvalue weighted by Crippen LogP contribution is 2.27. The lowest BCUT2D eigenvalue weighted by Gasteiger charge is -2.46. The Hall–Kier alpha value is -2.00. The molecule has 1 aromatic rings. The van der Waals surface area contributed by atoms with Gasteiger partial charge in [0.25, 0.3) is 0 Å². The van der Waals surface area contributed by atoms with E-state index in [-0.39, 0.29) is 17.7 Å². The zero-order valence-corrected chi connectivity index (χ0v) is 15.7. The van der Waals surface area contributed by atoms with Crippen molar-refractivity contribution >= 4 is 11.8 Å². The first-order valence-corrected chi connectivity index (χ1v) is 9.60. The molecule has 4 rings (SSSR count). The zero-order chi connectivity index (χ0) is 18.5. The molecule has 3 saturated heterocycles. The van der Waals surface area contributed by atoms with Gasteiger partial charge >= 0.3 is 0 Å². The Bertz CT molecular complexity index is 632. The smallest absolute Gasteiger partial charge is 0.229 e. The molecule has 3 aliphatic rings. The molecule has 1 aromatic heterocycles. The monoisotopic (exact) mass is 365 g/mol. The van der Waals surface area contributed by atoms with E-state index in [2.05, 4.69) is 26.3 Å². The second kappa shape index (κ2) is 8.59. The molecule has 26 heavy (non-hydrogen) atoms. The minimum Gasteiger partial charge on any atom is -0.355 e. The van der Waals surface area contributed by atoms with Crippen LogP contribution in [-0.2, 0) is 22.7 Å². The second-order valence-electron chi connectivity index (χ2n) is 7.52. The Kier molecular flexibility index (Phi) is 6.20. The van der Waals surface area contributed by atoms with E-state index in [1.807, 2.05) is 17.9 Å². The van der Waals surface area contributed by atoms with Crippen LogP contribution >= 0.6 is 0 Å². The SMILES string of the molecule is C[NH2+]Cc1cn(C[C@H]2C[C@@H]3CC[NH+]2C[C@@H]3C(=O)NCCNC(C)=O)nn1. The Labute approximate surface area is 153 Å². The van der Waals surface area contributed by atoms with E-state index >= 15 is 0 Å². The molecular weight excluding hydrogens is 334 g/mol. The van der Waals surface area contributed by atoms with Crippen LogP contribution in [0.1, 0.15) is 25.5 Å². The summed E-state index contributed by atoms with van der Waals surface area (Å²) in [7, 11) is 2.02. The third-order valence-corrected chi connectivity index (χ3v) is 5.59. The number of fused-ring (bicyclic) bond motifs is 3. The molecule has 4 heterocycles. The number of carbonyl (C=O) groups excluding carboxylic acids is 2. The van der Waals surface area contributed by atoms with E-state index in [4.69, 9.17) is 0 Å². The van der Waals surface area contributed by atoms with Gasteiger partial charge in [-0.15, -0.1) is 5.10 Å². The van der Waals surface area contributed by atoms with E-state index in [9.17, 15) is 9.59 Å². The van der Waals surface area contributed by atoms with Crippen LogP contribution in [0.15, 0.2) is 6.20 Å². The fraction of sp³-hybridized carbons (Fsp3) is 0.765. The van der Waals surface area contributed by atoms with Crippen LogP contribution in [0.4, 0.5) is 0 Å². The number of hydrogen-bond acceptors (Lipinski definition) is 4. The first-order chi connectivity index (χ1) is 12.6. The summed E-state index contributed by atoms with van der Waals surface area (Å²) >= 11 is 0. The molecule has 0 spiro atoms. The third kappa shape index (κ3) is 4.59. The highest BCUT2D eigenvalue weighted by atomic mass is 16.2. The minimum atomic E-state index is -0.0672. The lowest BCUT2D eigenvalue weighted by molar-refractivity contribution is -0.945. The molecule has 9 heteroatoms. The average molecular weight is 365 g/mol. The van der Waals surface area contributed by atoms with Crippen molar-refractivity contribution in [1.82, 2.24) is 25.6 Å². The highest BCUT2D eigenvalue weighted by molar-refractivity contribution is 5.79. The topological polar surface area (TPSA) is 110 Å². The molecule has 0 radical (unpaired) electrons. The summed E-state index contributed by atoms with van der Waals surface area (Å²) in [5.74, 6) is 0.610. The van der Waals surface area contributed by atoms with Crippen LogP contribution in [0.5, 0.6) is 0 Å².